The first-order valence-corrected chi connectivity index (χ1v) is 41.1. The van der Waals surface area contributed by atoms with Crippen molar-refractivity contribution < 1.29 is 126 Å². The Kier molecular flexibility index (Phi) is 38.9. The molecule has 12 rings (SSSR count). The molecule has 1 atom stereocenters. The number of carbonyl (C=O) groups is 9. The van der Waals surface area contributed by atoms with E-state index in [2.05, 4.69) is 72.3 Å². The zero-order valence-corrected chi connectivity index (χ0v) is 77.4. The van der Waals surface area contributed by atoms with Crippen molar-refractivity contribution in [2.24, 2.45) is 16.2 Å². The first-order valence-electron chi connectivity index (χ1n) is 41.1. The van der Waals surface area contributed by atoms with Crippen LogP contribution in [0.15, 0.2) is 231 Å². The number of ether oxygens (including phenoxy) is 9. The summed E-state index contributed by atoms with van der Waals surface area (Å²) in [7, 11) is 0. The van der Waals surface area contributed by atoms with E-state index in [1.807, 2.05) is 119 Å². The number of nitrogens with one attached hydrogen (secondary N) is 3. The smallest absolute Gasteiger partial charge is 0.463 e. The number of pyridine rings is 6. The predicted molar refractivity (Wildman–Crippen MR) is 473 cm³/mol. The molecule has 129 heavy (non-hydrogen) atoms. The minimum absolute atomic E-state index is 0. The molecule has 6 aromatic heterocycles. The Morgan fingerprint density at radius 1 is 0.310 bits per heavy atom. The molecule has 666 valence electrons. The molecule has 0 aliphatic rings. The van der Waals surface area contributed by atoms with Crippen LogP contribution in [0.5, 0.6) is 34.5 Å². The molecule has 29 heteroatoms. The second kappa shape index (κ2) is 49.9. The van der Waals surface area contributed by atoms with Crippen LogP contribution in [-0.4, -0.2) is 123 Å². The number of benzene rings is 6. The normalized spacial score (nSPS) is 11.1. The summed E-state index contributed by atoms with van der Waals surface area (Å²) in [4.78, 5) is 138. The SMILES string of the molecule is CCC(=O)Oc1cc[c-]c(-c2cccc(-c3[c-]c(-c4ccccn4)cc(OC(=O)CC)c3)n2)c1.CCC(=O)Oc1cc[c-]c(-c2cccc(-c3[c-]c(-c4ccccn4)cc(OC(=O)NCCOC(=O)C(C)(C)CC)c3)n2)c1.CCC(C)(CC(C)(C)C(=O)OCCNC(=O)Oc1cc[c-]c(-c2ccccn2)c1)C(=O)OCCNC(=O)Oc1cc[c-]c(-c2ccccn2)c1.[Ir+3].[Ir+3]. The van der Waals surface area contributed by atoms with Gasteiger partial charge in [-0.2, -0.15) is 0 Å². The Hall–Kier alpha value is -13.9. The fourth-order valence-electron chi connectivity index (χ4n) is 12.0. The van der Waals surface area contributed by atoms with Crippen LogP contribution in [-0.2, 0) is 83.2 Å². The number of carbonyl (C=O) groups excluding carboxylic acids is 9. The molecule has 0 aliphatic heterocycles. The Balaban J connectivity index is 0.000000241. The second-order valence-electron chi connectivity index (χ2n) is 29.8. The van der Waals surface area contributed by atoms with Gasteiger partial charge in [0, 0.05) is 55.4 Å². The van der Waals surface area contributed by atoms with Crippen LogP contribution in [0.2, 0.25) is 0 Å². The standard InChI is InChI=1S/C38H40N4O8.C34H33N3O6.C28H22N2O4.2Ir/c1-5-38(4,34(44)48-23-21-42-36(46)50-30-15-11-13-28(25-30)32-17-7-9-19-40-32)26-37(2,3)33(43)47-22-20-41-35(45)49-29-14-10-12-27(24-29)31-16-6-8-18-39-31;1-5-31(38)42-26-12-9-11-23(20-26)29-14-10-15-30(37-29)25-19-24(28-13-7-8-16-35-28)21-27(22-25)43-33(40)36-17-18-41-32(39)34(3,4)6-2;1-3-27(31)33-22-10-7-9-19(16-22)25-12-8-13-26(30-25)21-15-20(24-11-5-6-14-29-24)17-23(18-21)34-28(32)4-2;;/h6-11,14-19,24-25H,5,20-23,26H2,1-4H3,(H,41,45)(H,42,46);7-10,12-16,20-22H,5-6,17-18H2,1-4H3,(H,36,40);5-8,10-14,16-18H,3-4H2,1-2H3;;/q3*-2;2*+3. The van der Waals surface area contributed by atoms with E-state index < -0.39 is 46.5 Å². The van der Waals surface area contributed by atoms with Crippen molar-refractivity contribution in [3.63, 3.8) is 0 Å². The van der Waals surface area contributed by atoms with E-state index in [1.54, 1.807) is 182 Å². The summed E-state index contributed by atoms with van der Waals surface area (Å²) >= 11 is 0. The van der Waals surface area contributed by atoms with Crippen LogP contribution < -0.4 is 44.4 Å². The molecule has 6 aromatic carbocycles. The molecule has 0 spiro atoms. The van der Waals surface area contributed by atoms with Crippen LogP contribution in [0.4, 0.5) is 14.4 Å². The van der Waals surface area contributed by atoms with Crippen molar-refractivity contribution in [2.75, 3.05) is 39.5 Å². The average molecular weight is 2100 g/mol. The maximum absolute atomic E-state index is 13.1. The van der Waals surface area contributed by atoms with Gasteiger partial charge in [0.05, 0.1) is 70.4 Å². The number of hydrogen-bond acceptors (Lipinski definition) is 24. The Morgan fingerprint density at radius 3 is 0.907 bits per heavy atom. The Bertz CT molecular complexity index is 5780. The van der Waals surface area contributed by atoms with Gasteiger partial charge in [-0.05, 0) is 112 Å². The fraction of sp³-hybridized carbons (Fsp3) is 0.250. The van der Waals surface area contributed by atoms with E-state index in [1.165, 1.54) is 0 Å². The van der Waals surface area contributed by atoms with Crippen molar-refractivity contribution in [2.45, 2.75) is 108 Å². The van der Waals surface area contributed by atoms with Crippen molar-refractivity contribution in [1.82, 2.24) is 45.9 Å². The molecule has 0 aliphatic carbocycles. The van der Waals surface area contributed by atoms with Crippen molar-refractivity contribution in [3.05, 3.63) is 267 Å². The number of hydrogen-bond donors (Lipinski definition) is 3. The van der Waals surface area contributed by atoms with Gasteiger partial charge < -0.3 is 78.5 Å². The van der Waals surface area contributed by atoms with Crippen molar-refractivity contribution >= 4 is 54.1 Å². The van der Waals surface area contributed by atoms with Crippen LogP contribution in [0.3, 0.4) is 0 Å². The number of rotatable bonds is 33. The number of esters is 6. The molecule has 3 N–H and O–H groups in total. The largest absolute Gasteiger partial charge is 3.00 e. The number of amides is 3. The summed E-state index contributed by atoms with van der Waals surface area (Å²) in [6.07, 6.45) is 6.55. The quantitative estimate of drug-likeness (QED) is 0.0113. The fourth-order valence-corrected chi connectivity index (χ4v) is 12.0. The predicted octanol–water partition coefficient (Wildman–Crippen LogP) is 18.4. The van der Waals surface area contributed by atoms with Gasteiger partial charge in [0.2, 0.25) is 0 Å². The molecule has 0 saturated carbocycles. The third-order valence-corrected chi connectivity index (χ3v) is 19.2. The minimum atomic E-state index is -1.05. The van der Waals surface area contributed by atoms with Gasteiger partial charge in [-0.15, -0.1) is 131 Å². The van der Waals surface area contributed by atoms with E-state index in [4.69, 9.17) is 52.6 Å². The van der Waals surface area contributed by atoms with Gasteiger partial charge in [-0.3, -0.25) is 38.7 Å². The number of aromatic nitrogens is 6. The number of nitrogens with zero attached hydrogens (tertiary/aromatic N) is 6. The summed E-state index contributed by atoms with van der Waals surface area (Å²) in [5, 5.41) is 7.72. The van der Waals surface area contributed by atoms with E-state index >= 15 is 0 Å². The zero-order chi connectivity index (χ0) is 90.7. The van der Waals surface area contributed by atoms with Gasteiger partial charge in [-0.25, -0.2) is 14.4 Å². The van der Waals surface area contributed by atoms with Gasteiger partial charge in [-0.1, -0.05) is 166 Å². The molecule has 12 aromatic rings. The molecular weight excluding hydrogens is 2000 g/mol. The summed E-state index contributed by atoms with van der Waals surface area (Å²) in [5.41, 5.74) is 7.69. The zero-order valence-electron chi connectivity index (χ0n) is 72.6. The third-order valence-electron chi connectivity index (χ3n) is 19.2. The third kappa shape index (κ3) is 31.0. The molecule has 1 unspecified atom stereocenters. The van der Waals surface area contributed by atoms with Crippen LogP contribution >= 0.6 is 0 Å². The van der Waals surface area contributed by atoms with E-state index in [0.717, 1.165) is 0 Å². The molecular formula is C100H95Ir2N9O18. The molecule has 0 fully saturated rings. The summed E-state index contributed by atoms with van der Waals surface area (Å²) < 4.78 is 48.6. The van der Waals surface area contributed by atoms with Crippen LogP contribution in [0, 0.1) is 52.6 Å². The molecule has 0 saturated heterocycles. The average Bonchev–Trinajstić information content (AvgIpc) is 0.804. The molecule has 0 bridgehead atoms. The van der Waals surface area contributed by atoms with Crippen molar-refractivity contribution in [3.8, 4) is 125 Å². The minimum Gasteiger partial charge on any atom is -0.463 e. The van der Waals surface area contributed by atoms with Crippen molar-refractivity contribution in [1.29, 1.82) is 0 Å². The molecule has 0 radical (unpaired) electrons. The van der Waals surface area contributed by atoms with E-state index in [-0.39, 0.29) is 135 Å². The van der Waals surface area contributed by atoms with Crippen LogP contribution in [0.1, 0.15) is 108 Å². The van der Waals surface area contributed by atoms with E-state index in [0.29, 0.717) is 132 Å². The van der Waals surface area contributed by atoms with Gasteiger partial charge in [0.25, 0.3) is 0 Å². The second-order valence-corrected chi connectivity index (χ2v) is 29.8. The topological polar surface area (TPSA) is 350 Å². The molecule has 27 nitrogen and oxygen atoms in total. The van der Waals surface area contributed by atoms with Gasteiger partial charge >= 0.3 is 94.3 Å². The monoisotopic (exact) mass is 2100 g/mol. The van der Waals surface area contributed by atoms with E-state index in [9.17, 15) is 43.2 Å². The maximum atomic E-state index is 13.1. The first kappa shape index (κ1) is 101. The Morgan fingerprint density at radius 2 is 0.581 bits per heavy atom. The maximum Gasteiger partial charge on any atom is 3.00 e. The summed E-state index contributed by atoms with van der Waals surface area (Å²) in [6, 6.07) is 78.8. The van der Waals surface area contributed by atoms with Crippen LogP contribution in [0.25, 0.3) is 90.1 Å². The molecule has 3 amide bonds. The summed E-state index contributed by atoms with van der Waals surface area (Å²) in [6.45, 7) is 17.6. The first-order chi connectivity index (χ1) is 61.2. The summed E-state index contributed by atoms with van der Waals surface area (Å²) in [5.74, 6) is -0.243. The molecule has 6 heterocycles. The Labute approximate surface area is 776 Å². The van der Waals surface area contributed by atoms with Gasteiger partial charge in [0.15, 0.2) is 0 Å². The van der Waals surface area contributed by atoms with Gasteiger partial charge in [0.1, 0.15) is 19.8 Å².